The van der Waals surface area contributed by atoms with Crippen molar-refractivity contribution >= 4 is 11.9 Å². The molecule has 6 heteroatoms. The fourth-order valence-corrected chi connectivity index (χ4v) is 2.39. The van der Waals surface area contributed by atoms with Crippen molar-refractivity contribution in [1.82, 2.24) is 15.3 Å². The third-order valence-corrected chi connectivity index (χ3v) is 3.94. The van der Waals surface area contributed by atoms with Gasteiger partial charge >= 0.3 is 0 Å². The highest BCUT2D eigenvalue weighted by Gasteiger charge is 2.17. The van der Waals surface area contributed by atoms with Gasteiger partial charge in [-0.2, -0.15) is 0 Å². The molecule has 0 unspecified atom stereocenters. The monoisotopic (exact) mass is 342 g/mol. The number of nitrogens with zero attached hydrogens (tertiary/aromatic N) is 3. The third kappa shape index (κ3) is 5.00. The first-order chi connectivity index (χ1) is 12.1. The van der Waals surface area contributed by atoms with Crippen LogP contribution in [0.3, 0.4) is 0 Å². The number of rotatable bonds is 8. The molecule has 0 aliphatic rings. The van der Waals surface area contributed by atoms with Gasteiger partial charge in [0.05, 0.1) is 11.3 Å². The summed E-state index contributed by atoms with van der Waals surface area (Å²) in [6.07, 6.45) is 2.37. The number of carbonyl (C=O) groups excluding carboxylic acids is 1. The lowest BCUT2D eigenvalue weighted by Gasteiger charge is -2.17. The molecule has 0 spiro atoms. The molecule has 2 aromatic rings. The molecule has 0 atom stereocenters. The quantitative estimate of drug-likeness (QED) is 0.747. The summed E-state index contributed by atoms with van der Waals surface area (Å²) in [4.78, 5) is 23.5. The van der Waals surface area contributed by atoms with Gasteiger partial charge in [-0.15, -0.1) is 0 Å². The third-order valence-electron chi connectivity index (χ3n) is 3.94. The Morgan fingerprint density at radius 1 is 1.36 bits per heavy atom. The Hall–Kier alpha value is -2.47. The Kier molecular flexibility index (Phi) is 6.89. The second-order valence-electron chi connectivity index (χ2n) is 5.92. The molecule has 0 saturated carbocycles. The average molecular weight is 342 g/mol. The molecular weight excluding hydrogens is 316 g/mol. The number of carbonyl (C=O) groups is 1. The minimum Gasteiger partial charge on any atom is -0.385 e. The highest BCUT2D eigenvalue weighted by molar-refractivity contribution is 5.99. The normalized spacial score (nSPS) is 10.6. The molecule has 1 aromatic heterocycles. The van der Waals surface area contributed by atoms with Crippen molar-refractivity contribution in [3.05, 3.63) is 41.6 Å². The molecule has 134 valence electrons. The lowest BCUT2D eigenvalue weighted by molar-refractivity contribution is 0.0948. The van der Waals surface area contributed by atoms with Gasteiger partial charge in [-0.3, -0.25) is 4.79 Å². The topological polar surface area (TPSA) is 67.4 Å². The zero-order valence-electron chi connectivity index (χ0n) is 15.4. The van der Waals surface area contributed by atoms with Crippen LogP contribution < -0.4 is 10.2 Å². The zero-order chi connectivity index (χ0) is 18.2. The predicted octanol–water partition coefficient (Wildman–Crippen LogP) is 2.67. The molecule has 1 N–H and O–H groups in total. The second-order valence-corrected chi connectivity index (χ2v) is 5.92. The molecule has 0 radical (unpaired) electrons. The molecule has 0 fully saturated rings. The number of hydrogen-bond acceptors (Lipinski definition) is 5. The van der Waals surface area contributed by atoms with Crippen LogP contribution in [0.4, 0.5) is 5.95 Å². The van der Waals surface area contributed by atoms with Gasteiger partial charge in [0.2, 0.25) is 5.95 Å². The molecule has 0 saturated heterocycles. The van der Waals surface area contributed by atoms with Crippen molar-refractivity contribution in [2.75, 3.05) is 38.8 Å². The van der Waals surface area contributed by atoms with Gasteiger partial charge in [-0.25, -0.2) is 9.97 Å². The molecule has 0 bridgehead atoms. The van der Waals surface area contributed by atoms with E-state index in [2.05, 4.69) is 15.3 Å². The summed E-state index contributed by atoms with van der Waals surface area (Å²) in [6, 6.07) is 7.98. The maximum Gasteiger partial charge on any atom is 0.255 e. The second kappa shape index (κ2) is 9.13. The van der Waals surface area contributed by atoms with Crippen LogP contribution in [0.1, 0.15) is 29.3 Å². The Morgan fingerprint density at radius 3 is 2.84 bits per heavy atom. The molecule has 0 aliphatic heterocycles. The predicted molar refractivity (Wildman–Crippen MR) is 100.0 cm³/mol. The summed E-state index contributed by atoms with van der Waals surface area (Å²) in [5, 5.41) is 2.91. The van der Waals surface area contributed by atoms with Crippen LogP contribution in [0, 0.1) is 6.92 Å². The van der Waals surface area contributed by atoms with Gasteiger partial charge < -0.3 is 15.0 Å². The van der Waals surface area contributed by atoms with Crippen molar-refractivity contribution < 1.29 is 9.53 Å². The number of hydrogen-bond donors (Lipinski definition) is 1. The van der Waals surface area contributed by atoms with Crippen molar-refractivity contribution in [2.24, 2.45) is 0 Å². The van der Waals surface area contributed by atoms with E-state index in [1.807, 2.05) is 50.1 Å². The molecule has 6 nitrogen and oxygen atoms in total. The van der Waals surface area contributed by atoms with Gasteiger partial charge in [0.15, 0.2) is 0 Å². The molecule has 0 aliphatic carbocycles. The Morgan fingerprint density at radius 2 is 2.16 bits per heavy atom. The Balaban J connectivity index is 2.36. The number of amides is 1. The van der Waals surface area contributed by atoms with E-state index in [0.717, 1.165) is 24.1 Å². The fourth-order valence-electron chi connectivity index (χ4n) is 2.39. The number of anilines is 1. The van der Waals surface area contributed by atoms with Gasteiger partial charge in [0, 0.05) is 45.6 Å². The maximum absolute atomic E-state index is 12.6. The van der Waals surface area contributed by atoms with Crippen LogP contribution in [-0.4, -0.2) is 49.7 Å². The van der Waals surface area contributed by atoms with E-state index in [4.69, 9.17) is 4.74 Å². The first-order valence-electron chi connectivity index (χ1n) is 8.49. The Labute approximate surface area is 149 Å². The van der Waals surface area contributed by atoms with E-state index in [-0.39, 0.29) is 5.91 Å². The van der Waals surface area contributed by atoms with E-state index < -0.39 is 0 Å². The summed E-state index contributed by atoms with van der Waals surface area (Å²) in [5.74, 6) is 0.438. The van der Waals surface area contributed by atoms with E-state index in [0.29, 0.717) is 30.4 Å². The van der Waals surface area contributed by atoms with Crippen LogP contribution in [0.5, 0.6) is 0 Å². The highest BCUT2D eigenvalue weighted by atomic mass is 16.5. The number of nitrogens with one attached hydrogen (secondary N) is 1. The number of methoxy groups -OCH3 is 1. The standard InChI is InChI=1S/C19H26N4O2/c1-5-23(3)19-21-13-16(18(24)20-10-7-11-25-4)17(22-19)15-9-6-8-14(2)12-15/h6,8-9,12-13H,5,7,10-11H2,1-4H3,(H,20,24). The number of ether oxygens (including phenoxy) is 1. The number of benzene rings is 1. The molecule has 1 amide bonds. The lowest BCUT2D eigenvalue weighted by Crippen LogP contribution is -2.27. The van der Waals surface area contributed by atoms with Gasteiger partial charge in [-0.05, 0) is 26.3 Å². The minimum absolute atomic E-state index is 0.168. The van der Waals surface area contributed by atoms with Crippen molar-refractivity contribution in [1.29, 1.82) is 0 Å². The molecule has 1 heterocycles. The summed E-state index contributed by atoms with van der Waals surface area (Å²) in [6.45, 7) is 6.01. The van der Waals surface area contributed by atoms with Crippen LogP contribution in [0.25, 0.3) is 11.3 Å². The largest absolute Gasteiger partial charge is 0.385 e. The minimum atomic E-state index is -0.168. The van der Waals surface area contributed by atoms with Gasteiger partial charge in [-0.1, -0.05) is 23.8 Å². The summed E-state index contributed by atoms with van der Waals surface area (Å²) in [5.41, 5.74) is 3.16. The van der Waals surface area contributed by atoms with Crippen molar-refractivity contribution in [3.8, 4) is 11.3 Å². The smallest absolute Gasteiger partial charge is 0.255 e. The number of aromatic nitrogens is 2. The maximum atomic E-state index is 12.6. The lowest BCUT2D eigenvalue weighted by atomic mass is 10.0. The van der Waals surface area contributed by atoms with Crippen LogP contribution in [0.2, 0.25) is 0 Å². The van der Waals surface area contributed by atoms with E-state index in [9.17, 15) is 4.79 Å². The summed E-state index contributed by atoms with van der Waals surface area (Å²) >= 11 is 0. The Bertz CT molecular complexity index is 718. The van der Waals surface area contributed by atoms with E-state index >= 15 is 0 Å². The first-order valence-corrected chi connectivity index (χ1v) is 8.49. The van der Waals surface area contributed by atoms with E-state index in [1.54, 1.807) is 13.3 Å². The van der Waals surface area contributed by atoms with E-state index in [1.165, 1.54) is 0 Å². The first kappa shape index (κ1) is 18.9. The van der Waals surface area contributed by atoms with Crippen LogP contribution >= 0.6 is 0 Å². The summed E-state index contributed by atoms with van der Waals surface area (Å²) < 4.78 is 5.01. The molecule has 1 aromatic carbocycles. The van der Waals surface area contributed by atoms with Crippen LogP contribution in [-0.2, 0) is 4.74 Å². The summed E-state index contributed by atoms with van der Waals surface area (Å²) in [7, 11) is 3.58. The van der Waals surface area contributed by atoms with Crippen molar-refractivity contribution in [3.63, 3.8) is 0 Å². The fraction of sp³-hybridized carbons (Fsp3) is 0.421. The average Bonchev–Trinajstić information content (AvgIpc) is 2.64. The SMILES string of the molecule is CCN(C)c1ncc(C(=O)NCCCOC)c(-c2cccc(C)c2)n1. The van der Waals surface area contributed by atoms with Crippen molar-refractivity contribution in [2.45, 2.75) is 20.3 Å². The highest BCUT2D eigenvalue weighted by Crippen LogP contribution is 2.24. The molecule has 25 heavy (non-hydrogen) atoms. The number of aryl methyl sites for hydroxylation is 1. The zero-order valence-corrected chi connectivity index (χ0v) is 15.4. The molecule has 2 rings (SSSR count). The van der Waals surface area contributed by atoms with Crippen LogP contribution in [0.15, 0.2) is 30.5 Å². The van der Waals surface area contributed by atoms with Gasteiger partial charge in [0.25, 0.3) is 5.91 Å². The molecular formula is C19H26N4O2. The van der Waals surface area contributed by atoms with Gasteiger partial charge in [0.1, 0.15) is 0 Å².